The number of anilines is 1. The highest BCUT2D eigenvalue weighted by Gasteiger charge is 2.47. The van der Waals surface area contributed by atoms with E-state index in [4.69, 9.17) is 32.5 Å². The lowest BCUT2D eigenvalue weighted by Gasteiger charge is -2.39. The first kappa shape index (κ1) is 25.9. The summed E-state index contributed by atoms with van der Waals surface area (Å²) in [4.78, 5) is 15.5. The zero-order chi connectivity index (χ0) is 27.4. The molecular formula is C32H31Cl2N3O3. The standard InChI is InChI=1S/C32H31Cl2N3O3/c1-18-13-23-15-24(16-28(18)37(23)32(38)35-22-12-11-19-5-2-3-6-21(19)14-22)39-17-25-30(36-40-31(25)20-9-10-20)29-26(33)7-4-8-27(29)34/h2-8,11-12,14,18,20,23-24,28H,9-10,13,15-17H2,1H3,(H,35,38)/t18-,23?,24+,28?/m1/s1. The molecule has 7 rings (SSSR count). The van der Waals surface area contributed by atoms with Gasteiger partial charge in [0.2, 0.25) is 0 Å². The number of carbonyl (C=O) groups excluding carboxylic acids is 1. The van der Waals surface area contributed by atoms with Crippen molar-refractivity contribution in [1.29, 1.82) is 0 Å². The van der Waals surface area contributed by atoms with Gasteiger partial charge < -0.3 is 19.5 Å². The van der Waals surface area contributed by atoms with E-state index in [2.05, 4.69) is 34.4 Å². The summed E-state index contributed by atoms with van der Waals surface area (Å²) in [5.74, 6) is 1.67. The SMILES string of the molecule is C[C@@H]1CC2C[C@H](OCc3c(-c4c(Cl)cccc4Cl)noc3C3CC3)CC1N2C(=O)Nc1ccc2ccccc2c1. The summed E-state index contributed by atoms with van der Waals surface area (Å²) in [7, 11) is 0. The zero-order valence-electron chi connectivity index (χ0n) is 22.3. The molecule has 2 amide bonds. The number of aromatic nitrogens is 1. The number of piperidine rings is 1. The third kappa shape index (κ3) is 4.76. The van der Waals surface area contributed by atoms with Gasteiger partial charge in [-0.25, -0.2) is 4.79 Å². The van der Waals surface area contributed by atoms with E-state index in [1.54, 1.807) is 0 Å². The van der Waals surface area contributed by atoms with Crippen molar-refractivity contribution in [3.05, 3.63) is 82.0 Å². The first-order valence-electron chi connectivity index (χ1n) is 14.1. The van der Waals surface area contributed by atoms with Crippen LogP contribution in [0.2, 0.25) is 10.0 Å². The van der Waals surface area contributed by atoms with Crippen molar-refractivity contribution < 1.29 is 14.1 Å². The molecule has 206 valence electrons. The van der Waals surface area contributed by atoms with Crippen LogP contribution in [0, 0.1) is 5.92 Å². The molecule has 4 aromatic rings. The molecule has 1 aromatic heterocycles. The van der Waals surface area contributed by atoms with Gasteiger partial charge in [-0.15, -0.1) is 0 Å². The van der Waals surface area contributed by atoms with Gasteiger partial charge >= 0.3 is 6.03 Å². The van der Waals surface area contributed by atoms with Crippen LogP contribution in [0.15, 0.2) is 65.2 Å². The van der Waals surface area contributed by atoms with Crippen molar-refractivity contribution in [2.45, 2.75) is 69.7 Å². The second-order valence-corrected chi connectivity index (χ2v) is 12.3. The summed E-state index contributed by atoms with van der Waals surface area (Å²) in [5, 5.41) is 10.9. The van der Waals surface area contributed by atoms with E-state index < -0.39 is 0 Å². The largest absolute Gasteiger partial charge is 0.373 e. The Kier molecular flexibility index (Phi) is 6.73. The van der Waals surface area contributed by atoms with Gasteiger partial charge in [-0.3, -0.25) is 0 Å². The molecule has 1 N–H and O–H groups in total. The normalized spacial score (nSPS) is 24.0. The van der Waals surface area contributed by atoms with Crippen LogP contribution in [0.5, 0.6) is 0 Å². The Labute approximate surface area is 243 Å². The summed E-state index contributed by atoms with van der Waals surface area (Å²) in [6.07, 6.45) is 4.81. The minimum atomic E-state index is -0.0289. The maximum atomic E-state index is 13.5. The van der Waals surface area contributed by atoms with Crippen LogP contribution in [0.1, 0.15) is 56.3 Å². The predicted molar refractivity (Wildman–Crippen MR) is 158 cm³/mol. The van der Waals surface area contributed by atoms with Gasteiger partial charge in [0.25, 0.3) is 0 Å². The average Bonchev–Trinajstić information content (AvgIpc) is 3.67. The van der Waals surface area contributed by atoms with E-state index in [0.717, 1.165) is 59.9 Å². The fourth-order valence-electron chi connectivity index (χ4n) is 6.63. The number of amides is 2. The Balaban J connectivity index is 1.06. The Morgan fingerprint density at radius 3 is 2.55 bits per heavy atom. The maximum Gasteiger partial charge on any atom is 0.322 e. The van der Waals surface area contributed by atoms with E-state index in [9.17, 15) is 4.79 Å². The van der Waals surface area contributed by atoms with Gasteiger partial charge in [0.1, 0.15) is 11.5 Å². The molecule has 2 bridgehead atoms. The molecule has 3 heterocycles. The molecule has 3 aliphatic rings. The summed E-state index contributed by atoms with van der Waals surface area (Å²) >= 11 is 13.1. The minimum Gasteiger partial charge on any atom is -0.373 e. The lowest BCUT2D eigenvalue weighted by molar-refractivity contribution is -0.0181. The van der Waals surface area contributed by atoms with Crippen LogP contribution in [0.4, 0.5) is 10.5 Å². The molecule has 1 aliphatic carbocycles. The molecule has 4 atom stereocenters. The highest BCUT2D eigenvalue weighted by molar-refractivity contribution is 6.39. The number of carbonyl (C=O) groups is 1. The zero-order valence-corrected chi connectivity index (χ0v) is 23.8. The van der Waals surface area contributed by atoms with Crippen molar-refractivity contribution in [2.75, 3.05) is 5.32 Å². The van der Waals surface area contributed by atoms with Gasteiger partial charge in [0.15, 0.2) is 0 Å². The number of fused-ring (bicyclic) bond motifs is 3. The van der Waals surface area contributed by atoms with Crippen LogP contribution >= 0.6 is 23.2 Å². The molecule has 2 unspecified atom stereocenters. The molecule has 3 fully saturated rings. The van der Waals surface area contributed by atoms with E-state index >= 15 is 0 Å². The molecule has 40 heavy (non-hydrogen) atoms. The quantitative estimate of drug-likeness (QED) is 0.249. The van der Waals surface area contributed by atoms with Crippen molar-refractivity contribution >= 4 is 45.7 Å². The summed E-state index contributed by atoms with van der Waals surface area (Å²) in [5.41, 5.74) is 3.12. The molecular weight excluding hydrogens is 545 g/mol. The van der Waals surface area contributed by atoms with Crippen molar-refractivity contribution in [1.82, 2.24) is 10.1 Å². The van der Waals surface area contributed by atoms with Gasteiger partial charge in [0.05, 0.1) is 22.8 Å². The van der Waals surface area contributed by atoms with Crippen LogP contribution in [0.3, 0.4) is 0 Å². The first-order chi connectivity index (χ1) is 19.5. The van der Waals surface area contributed by atoms with Crippen molar-refractivity contribution in [3.8, 4) is 11.3 Å². The molecule has 2 saturated heterocycles. The minimum absolute atomic E-state index is 0.0289. The third-order valence-electron chi connectivity index (χ3n) is 8.76. The molecule has 0 radical (unpaired) electrons. The number of hydrogen-bond acceptors (Lipinski definition) is 4. The number of urea groups is 1. The first-order valence-corrected chi connectivity index (χ1v) is 14.8. The van der Waals surface area contributed by atoms with E-state index in [-0.39, 0.29) is 24.2 Å². The Bertz CT molecular complexity index is 1560. The summed E-state index contributed by atoms with van der Waals surface area (Å²) < 4.78 is 12.4. The number of benzene rings is 3. The lowest BCUT2D eigenvalue weighted by atomic mass is 9.97. The summed E-state index contributed by atoms with van der Waals surface area (Å²) in [6, 6.07) is 19.9. The molecule has 3 aromatic carbocycles. The molecule has 8 heteroatoms. The lowest BCUT2D eigenvalue weighted by Crippen LogP contribution is -2.51. The van der Waals surface area contributed by atoms with Gasteiger partial charge in [-0.2, -0.15) is 0 Å². The number of rotatable bonds is 6. The second kappa shape index (κ2) is 10.4. The highest BCUT2D eigenvalue weighted by Crippen LogP contribution is 2.47. The molecule has 6 nitrogen and oxygen atoms in total. The van der Waals surface area contributed by atoms with Crippen LogP contribution in [-0.4, -0.2) is 34.3 Å². The van der Waals surface area contributed by atoms with Gasteiger partial charge in [-0.1, -0.05) is 71.7 Å². The molecule has 1 saturated carbocycles. The maximum absolute atomic E-state index is 13.5. The monoisotopic (exact) mass is 575 g/mol. The Hall–Kier alpha value is -3.06. The van der Waals surface area contributed by atoms with Crippen LogP contribution in [-0.2, 0) is 11.3 Å². The highest BCUT2D eigenvalue weighted by atomic mass is 35.5. The molecule has 2 aliphatic heterocycles. The van der Waals surface area contributed by atoms with Crippen LogP contribution < -0.4 is 5.32 Å². The van der Waals surface area contributed by atoms with Crippen molar-refractivity contribution in [3.63, 3.8) is 0 Å². The third-order valence-corrected chi connectivity index (χ3v) is 9.39. The van der Waals surface area contributed by atoms with E-state index in [0.29, 0.717) is 39.7 Å². The number of nitrogens with zero attached hydrogens (tertiary/aromatic N) is 2. The average molecular weight is 577 g/mol. The Morgan fingerprint density at radius 1 is 1.02 bits per heavy atom. The molecule has 0 spiro atoms. The van der Waals surface area contributed by atoms with Crippen molar-refractivity contribution in [2.24, 2.45) is 5.92 Å². The fourth-order valence-corrected chi connectivity index (χ4v) is 7.20. The van der Waals surface area contributed by atoms with E-state index in [1.165, 1.54) is 0 Å². The van der Waals surface area contributed by atoms with E-state index in [1.807, 2.05) is 48.5 Å². The Morgan fingerprint density at radius 2 is 1.80 bits per heavy atom. The van der Waals surface area contributed by atoms with Gasteiger partial charge in [-0.05, 0) is 73.1 Å². The topological polar surface area (TPSA) is 67.6 Å². The second-order valence-electron chi connectivity index (χ2n) is 11.5. The number of hydrogen-bond donors (Lipinski definition) is 1. The van der Waals surface area contributed by atoms with Crippen LogP contribution in [0.25, 0.3) is 22.0 Å². The number of nitrogens with one attached hydrogen (secondary N) is 1. The summed E-state index contributed by atoms with van der Waals surface area (Å²) in [6.45, 7) is 2.63. The van der Waals surface area contributed by atoms with Gasteiger partial charge in [0, 0.05) is 34.8 Å². The predicted octanol–water partition coefficient (Wildman–Crippen LogP) is 8.67. The smallest absolute Gasteiger partial charge is 0.322 e. The number of ether oxygens (including phenoxy) is 1. The number of halogens is 2. The fraction of sp³-hybridized carbons (Fsp3) is 0.375.